The van der Waals surface area contributed by atoms with Crippen LogP contribution in [-0.2, 0) is 0 Å². The highest BCUT2D eigenvalue weighted by Gasteiger charge is 2.38. The van der Waals surface area contributed by atoms with Gasteiger partial charge in [0.05, 0.1) is 0 Å². The van der Waals surface area contributed by atoms with Gasteiger partial charge in [-0.3, -0.25) is 0 Å². The van der Waals surface area contributed by atoms with Crippen LogP contribution in [0, 0.1) is 5.92 Å². The maximum Gasteiger partial charge on any atom is 0.151 e. The van der Waals surface area contributed by atoms with Gasteiger partial charge in [-0.05, 0) is 37.3 Å². The highest BCUT2D eigenvalue weighted by molar-refractivity contribution is 6.29. The van der Waals surface area contributed by atoms with Crippen molar-refractivity contribution < 1.29 is 0 Å². The van der Waals surface area contributed by atoms with E-state index in [2.05, 4.69) is 15.1 Å². The summed E-state index contributed by atoms with van der Waals surface area (Å²) in [4.78, 5) is 2.37. The summed E-state index contributed by atoms with van der Waals surface area (Å²) in [7, 11) is 0. The van der Waals surface area contributed by atoms with E-state index >= 15 is 0 Å². The van der Waals surface area contributed by atoms with Crippen LogP contribution in [0.2, 0.25) is 5.15 Å². The lowest BCUT2D eigenvalue weighted by Gasteiger charge is -2.27. The number of anilines is 1. The van der Waals surface area contributed by atoms with Crippen LogP contribution in [0.25, 0.3) is 0 Å². The van der Waals surface area contributed by atoms with Crippen molar-refractivity contribution in [3.8, 4) is 0 Å². The molecule has 1 aromatic heterocycles. The smallest absolute Gasteiger partial charge is 0.151 e. The average molecular weight is 210 g/mol. The monoisotopic (exact) mass is 209 g/mol. The lowest BCUT2D eigenvalue weighted by Crippen LogP contribution is -2.32. The van der Waals surface area contributed by atoms with Gasteiger partial charge in [-0.2, -0.15) is 0 Å². The van der Waals surface area contributed by atoms with Gasteiger partial charge < -0.3 is 4.90 Å². The van der Waals surface area contributed by atoms with E-state index in [0.717, 1.165) is 18.3 Å². The van der Waals surface area contributed by atoms with Gasteiger partial charge in [0.15, 0.2) is 11.0 Å². The Morgan fingerprint density at radius 1 is 1.29 bits per heavy atom. The highest BCUT2D eigenvalue weighted by atomic mass is 35.5. The summed E-state index contributed by atoms with van der Waals surface area (Å²) >= 11 is 5.71. The topological polar surface area (TPSA) is 29.0 Å². The molecular weight excluding hydrogens is 198 g/mol. The Hall–Kier alpha value is -0.830. The van der Waals surface area contributed by atoms with Crippen LogP contribution in [0.4, 0.5) is 5.82 Å². The lowest BCUT2D eigenvalue weighted by molar-refractivity contribution is 0.549. The lowest BCUT2D eigenvalue weighted by atomic mass is 10.1. The molecule has 0 spiro atoms. The minimum absolute atomic E-state index is 0.470. The number of halogens is 1. The van der Waals surface area contributed by atoms with Gasteiger partial charge in [0.2, 0.25) is 0 Å². The summed E-state index contributed by atoms with van der Waals surface area (Å²) in [6.07, 6.45) is 4.04. The molecule has 1 aromatic rings. The summed E-state index contributed by atoms with van der Waals surface area (Å²) in [5.41, 5.74) is 0. The Morgan fingerprint density at radius 3 is 2.79 bits per heavy atom. The normalized spacial score (nSPS) is 29.9. The molecule has 0 N–H and O–H groups in total. The van der Waals surface area contributed by atoms with Crippen molar-refractivity contribution in [3.05, 3.63) is 17.3 Å². The largest absolute Gasteiger partial charge is 0.352 e. The van der Waals surface area contributed by atoms with Crippen LogP contribution in [0.15, 0.2) is 12.1 Å². The molecule has 14 heavy (non-hydrogen) atoms. The summed E-state index contributed by atoms with van der Waals surface area (Å²) in [5, 5.41) is 8.47. The number of fused-ring (bicyclic) bond motifs is 2. The van der Waals surface area contributed by atoms with Crippen LogP contribution < -0.4 is 4.90 Å². The standard InChI is InChI=1S/C10H12ClN3/c11-9-3-4-10(13-12-9)14-6-7-1-2-8(14)5-7/h3-4,7-8H,1-2,5-6H2. The molecule has 3 rings (SSSR count). The molecule has 3 nitrogen and oxygen atoms in total. The third-order valence-electron chi connectivity index (χ3n) is 3.32. The maximum absolute atomic E-state index is 5.71. The molecule has 2 atom stereocenters. The van der Waals surface area contributed by atoms with Gasteiger partial charge in [-0.1, -0.05) is 11.6 Å². The predicted octanol–water partition coefficient (Wildman–Crippen LogP) is 2.12. The quantitative estimate of drug-likeness (QED) is 0.710. The number of aromatic nitrogens is 2. The third kappa shape index (κ3) is 1.27. The fraction of sp³-hybridized carbons (Fsp3) is 0.600. The molecular formula is C10H12ClN3. The molecule has 1 aliphatic heterocycles. The van der Waals surface area contributed by atoms with Gasteiger partial charge in [-0.15, -0.1) is 10.2 Å². The molecule has 0 amide bonds. The summed E-state index contributed by atoms with van der Waals surface area (Å²) < 4.78 is 0. The van der Waals surface area contributed by atoms with Crippen molar-refractivity contribution in [2.24, 2.45) is 5.92 Å². The molecule has 1 saturated heterocycles. The minimum Gasteiger partial charge on any atom is -0.352 e. The number of piperidine rings is 1. The minimum atomic E-state index is 0.470. The van der Waals surface area contributed by atoms with Crippen LogP contribution in [0.3, 0.4) is 0 Å². The molecule has 0 radical (unpaired) electrons. The first-order valence-electron chi connectivity index (χ1n) is 5.09. The van der Waals surface area contributed by atoms with Crippen molar-refractivity contribution in [2.75, 3.05) is 11.4 Å². The zero-order chi connectivity index (χ0) is 9.54. The van der Waals surface area contributed by atoms with Crippen LogP contribution in [0.5, 0.6) is 0 Å². The van der Waals surface area contributed by atoms with Crippen LogP contribution in [0.1, 0.15) is 19.3 Å². The first-order valence-corrected chi connectivity index (χ1v) is 5.46. The first kappa shape index (κ1) is 8.48. The first-order chi connectivity index (χ1) is 6.83. The average Bonchev–Trinajstić information content (AvgIpc) is 2.80. The van der Waals surface area contributed by atoms with E-state index in [1.807, 2.05) is 12.1 Å². The van der Waals surface area contributed by atoms with Crippen LogP contribution >= 0.6 is 11.6 Å². The van der Waals surface area contributed by atoms with Crippen molar-refractivity contribution in [2.45, 2.75) is 25.3 Å². The summed E-state index contributed by atoms with van der Waals surface area (Å²) in [6.45, 7) is 1.15. The SMILES string of the molecule is Clc1ccc(N2CC3CCC2C3)nn1. The van der Waals surface area contributed by atoms with Crippen molar-refractivity contribution >= 4 is 17.4 Å². The maximum atomic E-state index is 5.71. The van der Waals surface area contributed by atoms with E-state index in [1.165, 1.54) is 19.3 Å². The Bertz CT molecular complexity index is 338. The van der Waals surface area contributed by atoms with Gasteiger partial charge in [-0.25, -0.2) is 0 Å². The fourth-order valence-corrected chi connectivity index (χ4v) is 2.77. The van der Waals surface area contributed by atoms with E-state index in [4.69, 9.17) is 11.6 Å². The van der Waals surface area contributed by atoms with Gasteiger partial charge in [0, 0.05) is 12.6 Å². The molecule has 2 fully saturated rings. The number of rotatable bonds is 1. The van der Waals surface area contributed by atoms with Crippen molar-refractivity contribution in [1.82, 2.24) is 10.2 Å². The molecule has 1 aliphatic carbocycles. The van der Waals surface area contributed by atoms with E-state index in [9.17, 15) is 0 Å². The summed E-state index contributed by atoms with van der Waals surface area (Å²) in [5.74, 6) is 1.87. The molecule has 2 heterocycles. The fourth-order valence-electron chi connectivity index (χ4n) is 2.67. The number of hydrogen-bond donors (Lipinski definition) is 0. The molecule has 74 valence electrons. The van der Waals surface area contributed by atoms with E-state index in [1.54, 1.807) is 0 Å². The Labute approximate surface area is 88.1 Å². The molecule has 4 heteroatoms. The van der Waals surface area contributed by atoms with Gasteiger partial charge in [0.1, 0.15) is 0 Å². The zero-order valence-corrected chi connectivity index (χ0v) is 8.61. The van der Waals surface area contributed by atoms with E-state index in [0.29, 0.717) is 11.2 Å². The predicted molar refractivity (Wildman–Crippen MR) is 55.5 cm³/mol. The van der Waals surface area contributed by atoms with Crippen LogP contribution in [-0.4, -0.2) is 22.8 Å². The molecule has 0 aromatic carbocycles. The highest BCUT2D eigenvalue weighted by Crippen LogP contribution is 2.39. The third-order valence-corrected chi connectivity index (χ3v) is 3.52. The zero-order valence-electron chi connectivity index (χ0n) is 7.86. The second kappa shape index (κ2) is 3.09. The molecule has 2 bridgehead atoms. The van der Waals surface area contributed by atoms with E-state index in [-0.39, 0.29) is 0 Å². The van der Waals surface area contributed by atoms with E-state index < -0.39 is 0 Å². The molecule has 1 saturated carbocycles. The van der Waals surface area contributed by atoms with Crippen molar-refractivity contribution in [3.63, 3.8) is 0 Å². The Morgan fingerprint density at radius 2 is 2.21 bits per heavy atom. The van der Waals surface area contributed by atoms with Crippen molar-refractivity contribution in [1.29, 1.82) is 0 Å². The second-order valence-corrected chi connectivity index (χ2v) is 4.59. The molecule has 2 aliphatic rings. The van der Waals surface area contributed by atoms with Gasteiger partial charge in [0.25, 0.3) is 0 Å². The Balaban J connectivity index is 1.86. The number of nitrogens with zero attached hydrogens (tertiary/aromatic N) is 3. The Kier molecular flexibility index (Phi) is 1.87. The molecule has 2 unspecified atom stereocenters. The summed E-state index contributed by atoms with van der Waals surface area (Å²) in [6, 6.07) is 4.49. The number of hydrogen-bond acceptors (Lipinski definition) is 3. The second-order valence-electron chi connectivity index (χ2n) is 4.20. The van der Waals surface area contributed by atoms with Gasteiger partial charge >= 0.3 is 0 Å².